The molecule has 0 aromatic carbocycles. The number of carbonyl (C=O) groups is 2. The summed E-state index contributed by atoms with van der Waals surface area (Å²) in [6.45, 7) is 3.07. The van der Waals surface area contributed by atoms with E-state index >= 15 is 0 Å². The van der Waals surface area contributed by atoms with Crippen LogP contribution in [0.25, 0.3) is 0 Å². The Morgan fingerprint density at radius 3 is 2.11 bits per heavy atom. The summed E-state index contributed by atoms with van der Waals surface area (Å²) in [5.74, 6) is 3.65. The van der Waals surface area contributed by atoms with Crippen LogP contribution < -0.4 is 5.32 Å². The first-order chi connectivity index (χ1) is 13.6. The Balaban J connectivity index is 1.24. The van der Waals surface area contributed by atoms with Crippen molar-refractivity contribution in [1.82, 2.24) is 10.2 Å². The Morgan fingerprint density at radius 1 is 0.929 bits per heavy atom. The van der Waals surface area contributed by atoms with E-state index in [0.29, 0.717) is 11.9 Å². The van der Waals surface area contributed by atoms with Gasteiger partial charge < -0.3 is 10.2 Å². The molecule has 4 nitrogen and oxygen atoms in total. The lowest BCUT2D eigenvalue weighted by atomic mass is 9.49. The van der Waals surface area contributed by atoms with E-state index in [-0.39, 0.29) is 17.4 Å². The minimum absolute atomic E-state index is 0.114. The van der Waals surface area contributed by atoms with Gasteiger partial charge in [-0.25, -0.2) is 0 Å². The molecule has 6 rings (SSSR count). The van der Waals surface area contributed by atoms with Crippen molar-refractivity contribution < 1.29 is 9.59 Å². The van der Waals surface area contributed by atoms with Gasteiger partial charge in [0.05, 0.1) is 5.41 Å². The van der Waals surface area contributed by atoms with Gasteiger partial charge in [-0.05, 0) is 101 Å². The number of amides is 2. The molecule has 1 atom stereocenters. The molecular formula is C24H38N2O2. The first kappa shape index (κ1) is 18.9. The van der Waals surface area contributed by atoms with Gasteiger partial charge in [-0.3, -0.25) is 9.59 Å². The summed E-state index contributed by atoms with van der Waals surface area (Å²) < 4.78 is 0. The molecule has 1 heterocycles. The van der Waals surface area contributed by atoms with Gasteiger partial charge in [0.1, 0.15) is 6.04 Å². The summed E-state index contributed by atoms with van der Waals surface area (Å²) in [6, 6.07) is 0.122. The number of hydrogen-bond acceptors (Lipinski definition) is 2. The zero-order valence-corrected chi connectivity index (χ0v) is 17.6. The van der Waals surface area contributed by atoms with E-state index < -0.39 is 0 Å². The Morgan fingerprint density at radius 2 is 1.54 bits per heavy atom. The molecule has 1 N–H and O–H groups in total. The highest BCUT2D eigenvalue weighted by molar-refractivity contribution is 5.91. The molecule has 1 saturated heterocycles. The summed E-state index contributed by atoms with van der Waals surface area (Å²) >= 11 is 0. The quantitative estimate of drug-likeness (QED) is 0.784. The fourth-order valence-corrected chi connectivity index (χ4v) is 7.97. The van der Waals surface area contributed by atoms with Gasteiger partial charge in [0.25, 0.3) is 0 Å². The minimum Gasteiger partial charge on any atom is -0.352 e. The fourth-order valence-electron chi connectivity index (χ4n) is 7.97. The third-order valence-electron chi connectivity index (χ3n) is 9.08. The number of carbonyl (C=O) groups excluding carboxylic acids is 2. The van der Waals surface area contributed by atoms with E-state index in [2.05, 4.69) is 12.2 Å². The summed E-state index contributed by atoms with van der Waals surface area (Å²) in [7, 11) is 0. The molecule has 1 aliphatic heterocycles. The molecule has 1 unspecified atom stereocenters. The minimum atomic E-state index is -0.204. The highest BCUT2D eigenvalue weighted by Crippen LogP contribution is 2.60. The third kappa shape index (κ3) is 3.29. The smallest absolute Gasteiger partial charge is 0.243 e. The number of nitrogens with zero attached hydrogens (tertiary/aromatic N) is 1. The Bertz CT molecular complexity index is 587. The van der Waals surface area contributed by atoms with Gasteiger partial charge in [0.2, 0.25) is 11.8 Å². The van der Waals surface area contributed by atoms with Crippen LogP contribution in [0.3, 0.4) is 0 Å². The second-order valence-electron chi connectivity index (χ2n) is 11.0. The van der Waals surface area contributed by atoms with E-state index in [0.717, 1.165) is 75.2 Å². The highest BCUT2D eigenvalue weighted by Gasteiger charge is 2.56. The zero-order valence-electron chi connectivity index (χ0n) is 17.6. The summed E-state index contributed by atoms with van der Waals surface area (Å²) in [5, 5.41) is 3.33. The summed E-state index contributed by atoms with van der Waals surface area (Å²) in [4.78, 5) is 28.8. The Hall–Kier alpha value is -1.06. The van der Waals surface area contributed by atoms with Crippen molar-refractivity contribution in [2.45, 2.75) is 102 Å². The van der Waals surface area contributed by atoms with Gasteiger partial charge in [-0.15, -0.1) is 0 Å². The molecule has 4 bridgehead atoms. The molecule has 0 spiro atoms. The van der Waals surface area contributed by atoms with Crippen LogP contribution >= 0.6 is 0 Å². The summed E-state index contributed by atoms with van der Waals surface area (Å²) in [5.41, 5.74) is -0.114. The van der Waals surface area contributed by atoms with Gasteiger partial charge in [0.15, 0.2) is 0 Å². The average molecular weight is 387 g/mol. The van der Waals surface area contributed by atoms with Crippen LogP contribution in [0.4, 0.5) is 0 Å². The van der Waals surface area contributed by atoms with Gasteiger partial charge in [-0.1, -0.05) is 13.3 Å². The number of hydrogen-bond donors (Lipinski definition) is 1. The van der Waals surface area contributed by atoms with E-state index in [4.69, 9.17) is 0 Å². The molecule has 28 heavy (non-hydrogen) atoms. The van der Waals surface area contributed by atoms with E-state index in [1.807, 2.05) is 4.90 Å². The molecule has 2 amide bonds. The van der Waals surface area contributed by atoms with Gasteiger partial charge >= 0.3 is 0 Å². The Kier molecular flexibility index (Phi) is 4.95. The molecule has 4 heteroatoms. The van der Waals surface area contributed by atoms with E-state index in [1.54, 1.807) is 0 Å². The molecule has 5 aliphatic carbocycles. The zero-order chi connectivity index (χ0) is 19.3. The van der Waals surface area contributed by atoms with Crippen LogP contribution in [-0.2, 0) is 9.59 Å². The van der Waals surface area contributed by atoms with Crippen molar-refractivity contribution in [3.05, 3.63) is 0 Å². The molecule has 6 aliphatic rings. The first-order valence-corrected chi connectivity index (χ1v) is 12.2. The first-order valence-electron chi connectivity index (χ1n) is 12.2. The molecule has 0 aromatic heterocycles. The normalized spacial score (nSPS) is 44.7. The Labute approximate surface area is 170 Å². The van der Waals surface area contributed by atoms with Crippen molar-refractivity contribution in [1.29, 1.82) is 0 Å². The number of likely N-dealkylation sites (tertiary alicyclic amines) is 1. The fraction of sp³-hybridized carbons (Fsp3) is 0.917. The van der Waals surface area contributed by atoms with Crippen molar-refractivity contribution >= 4 is 11.8 Å². The lowest BCUT2D eigenvalue weighted by Crippen LogP contribution is -2.57. The van der Waals surface area contributed by atoms with Crippen LogP contribution in [0.1, 0.15) is 90.4 Å². The van der Waals surface area contributed by atoms with Crippen LogP contribution in [-0.4, -0.2) is 35.3 Å². The van der Waals surface area contributed by atoms with Gasteiger partial charge in [-0.2, -0.15) is 0 Å². The molecular weight excluding hydrogens is 348 g/mol. The lowest BCUT2D eigenvalue weighted by Gasteiger charge is -2.56. The predicted octanol–water partition coefficient (Wildman–Crippen LogP) is 4.28. The lowest BCUT2D eigenvalue weighted by molar-refractivity contribution is -0.160. The molecule has 5 saturated carbocycles. The maximum absolute atomic E-state index is 13.7. The molecule has 6 fully saturated rings. The third-order valence-corrected chi connectivity index (χ3v) is 9.08. The predicted molar refractivity (Wildman–Crippen MR) is 110 cm³/mol. The maximum atomic E-state index is 13.7. The maximum Gasteiger partial charge on any atom is 0.243 e. The summed E-state index contributed by atoms with van der Waals surface area (Å²) in [6.07, 6.45) is 15.2. The molecule has 0 radical (unpaired) electrons. The standard InChI is InChI=1S/C24H38N2O2/c1-2-16-5-7-20(8-6-16)25-22(27)21-4-3-9-26(21)23(28)24-13-17-10-18(14-24)12-19(11-17)15-24/h16-21H,2-15H2,1H3,(H,25,27). The van der Waals surface area contributed by atoms with Crippen LogP contribution in [0, 0.1) is 29.1 Å². The van der Waals surface area contributed by atoms with Crippen molar-refractivity contribution in [2.24, 2.45) is 29.1 Å². The van der Waals surface area contributed by atoms with Crippen LogP contribution in [0.5, 0.6) is 0 Å². The van der Waals surface area contributed by atoms with Crippen LogP contribution in [0.2, 0.25) is 0 Å². The van der Waals surface area contributed by atoms with E-state index in [1.165, 1.54) is 38.5 Å². The molecule has 156 valence electrons. The largest absolute Gasteiger partial charge is 0.352 e. The van der Waals surface area contributed by atoms with Crippen molar-refractivity contribution in [2.75, 3.05) is 6.54 Å². The van der Waals surface area contributed by atoms with Crippen molar-refractivity contribution in [3.63, 3.8) is 0 Å². The second kappa shape index (κ2) is 7.32. The topological polar surface area (TPSA) is 49.4 Å². The second-order valence-corrected chi connectivity index (χ2v) is 11.0. The average Bonchev–Trinajstić information content (AvgIpc) is 3.17. The number of rotatable bonds is 4. The molecule has 0 aromatic rings. The SMILES string of the molecule is CCC1CCC(NC(=O)C2CCCN2C(=O)C23CC4CC(CC(C4)C2)C3)CC1. The highest BCUT2D eigenvalue weighted by atomic mass is 16.2. The van der Waals surface area contributed by atoms with Crippen molar-refractivity contribution in [3.8, 4) is 0 Å². The van der Waals surface area contributed by atoms with Gasteiger partial charge in [0, 0.05) is 12.6 Å². The van der Waals surface area contributed by atoms with Crippen LogP contribution in [0.15, 0.2) is 0 Å². The van der Waals surface area contributed by atoms with E-state index in [9.17, 15) is 9.59 Å². The number of nitrogens with one attached hydrogen (secondary N) is 1. The monoisotopic (exact) mass is 386 g/mol.